The van der Waals surface area contributed by atoms with Gasteiger partial charge in [0.15, 0.2) is 0 Å². The Morgan fingerprint density at radius 1 is 0.436 bits per heavy atom. The number of nitrogens with zero attached hydrogens (tertiary/aromatic N) is 2. The third-order valence-corrected chi connectivity index (χ3v) is 12.5. The average molecular weight is 798 g/mol. The molecule has 0 N–H and O–H groups in total. The van der Waals surface area contributed by atoms with Crippen molar-refractivity contribution >= 4 is 11.4 Å². The van der Waals surface area contributed by atoms with Crippen LogP contribution < -0.4 is 0 Å². The summed E-state index contributed by atoms with van der Waals surface area (Å²) in [5.74, 6) is 0. The molecule has 0 radical (unpaired) electrons. The molecule has 0 spiro atoms. The van der Waals surface area contributed by atoms with Crippen molar-refractivity contribution in [2.24, 2.45) is 0 Å². The van der Waals surface area contributed by atoms with Crippen molar-refractivity contribution in [1.29, 1.82) is 0 Å². The van der Waals surface area contributed by atoms with E-state index >= 15 is 0 Å². The van der Waals surface area contributed by atoms with Gasteiger partial charge in [-0.25, -0.2) is 4.70 Å². The SMILES string of the molecule is CCCCC1=C(c2cccc(CCCC)c2)[N+](=[N-])C(c2cccc(CCCC)c2)=C1.CCCCCCCCCCC[CH2][Ni][CH2]CCCCCCCCCCC. The molecule has 1 aliphatic rings. The fourth-order valence-corrected chi connectivity index (χ4v) is 8.75. The van der Waals surface area contributed by atoms with Crippen LogP contribution in [0.25, 0.3) is 16.9 Å². The van der Waals surface area contributed by atoms with Crippen molar-refractivity contribution < 1.29 is 19.1 Å². The molecular formula is C52H86N2Ni. The molecule has 0 saturated heterocycles. The predicted molar refractivity (Wildman–Crippen MR) is 241 cm³/mol. The second-order valence-electron chi connectivity index (χ2n) is 16.3. The molecular weight excluding hydrogens is 711 g/mol. The van der Waals surface area contributed by atoms with E-state index in [4.69, 9.17) is 0 Å². The van der Waals surface area contributed by atoms with Crippen LogP contribution in [-0.4, -0.2) is 4.70 Å². The van der Waals surface area contributed by atoms with E-state index in [1.807, 2.05) is 14.4 Å². The summed E-state index contributed by atoms with van der Waals surface area (Å²) in [7, 11) is 0. The third-order valence-electron chi connectivity index (χ3n) is 11.1. The van der Waals surface area contributed by atoms with Crippen molar-refractivity contribution in [3.63, 3.8) is 0 Å². The van der Waals surface area contributed by atoms with Crippen LogP contribution >= 0.6 is 0 Å². The quantitative estimate of drug-likeness (QED) is 0.0391. The van der Waals surface area contributed by atoms with Gasteiger partial charge in [0.25, 0.3) is 0 Å². The minimum absolute atomic E-state index is 0.897. The van der Waals surface area contributed by atoms with Gasteiger partial charge >= 0.3 is 167 Å². The molecule has 3 rings (SSSR count). The molecule has 0 aliphatic carbocycles. The predicted octanol–water partition coefficient (Wildman–Crippen LogP) is 18.1. The molecule has 314 valence electrons. The van der Waals surface area contributed by atoms with Gasteiger partial charge in [-0.3, -0.25) is 0 Å². The van der Waals surface area contributed by atoms with Gasteiger partial charge in [-0.1, -0.05) is 64.3 Å². The van der Waals surface area contributed by atoms with E-state index in [-0.39, 0.29) is 0 Å². The number of rotatable bonds is 33. The van der Waals surface area contributed by atoms with E-state index in [0.29, 0.717) is 0 Å². The first-order valence-corrected chi connectivity index (χ1v) is 25.1. The Balaban J connectivity index is 0.000000388. The monoisotopic (exact) mass is 797 g/mol. The van der Waals surface area contributed by atoms with E-state index in [9.17, 15) is 5.53 Å². The Labute approximate surface area is 348 Å². The van der Waals surface area contributed by atoms with Gasteiger partial charge in [-0.05, 0) is 73.9 Å². The molecule has 0 saturated carbocycles. The summed E-state index contributed by atoms with van der Waals surface area (Å²) in [6, 6.07) is 17.4. The zero-order valence-electron chi connectivity index (χ0n) is 36.8. The van der Waals surface area contributed by atoms with E-state index in [0.717, 1.165) is 54.6 Å². The number of hydrogen-bond acceptors (Lipinski definition) is 0. The fraction of sp³-hybridized carbons (Fsp3) is 0.692. The van der Waals surface area contributed by atoms with Crippen molar-refractivity contribution in [3.05, 3.63) is 88.0 Å². The van der Waals surface area contributed by atoms with Crippen molar-refractivity contribution in [3.8, 4) is 0 Å². The molecule has 55 heavy (non-hydrogen) atoms. The average Bonchev–Trinajstić information content (AvgIpc) is 3.54. The van der Waals surface area contributed by atoms with Crippen LogP contribution in [0, 0.1) is 0 Å². The van der Waals surface area contributed by atoms with Crippen LogP contribution in [0.15, 0.2) is 60.2 Å². The van der Waals surface area contributed by atoms with E-state index < -0.39 is 0 Å². The topological polar surface area (TPSA) is 25.3 Å². The Hall–Kier alpha value is -1.99. The zero-order valence-corrected chi connectivity index (χ0v) is 37.8. The Morgan fingerprint density at radius 2 is 0.818 bits per heavy atom. The molecule has 2 aromatic carbocycles. The summed E-state index contributed by atoms with van der Waals surface area (Å²) < 4.78 is 1.43. The summed E-state index contributed by atoms with van der Waals surface area (Å²) in [6.45, 7) is 11.3. The van der Waals surface area contributed by atoms with Gasteiger partial charge in [0.2, 0.25) is 11.4 Å². The van der Waals surface area contributed by atoms with Gasteiger partial charge in [0, 0.05) is 22.8 Å². The number of aryl methyl sites for hydroxylation is 2. The zero-order chi connectivity index (χ0) is 39.6. The van der Waals surface area contributed by atoms with Crippen molar-refractivity contribution in [2.75, 3.05) is 0 Å². The van der Waals surface area contributed by atoms with Gasteiger partial charge in [-0.2, -0.15) is 0 Å². The molecule has 0 bridgehead atoms. The van der Waals surface area contributed by atoms with Crippen molar-refractivity contribution in [2.45, 2.75) is 232 Å². The van der Waals surface area contributed by atoms with E-state index in [2.05, 4.69) is 89.2 Å². The van der Waals surface area contributed by atoms with Crippen molar-refractivity contribution in [1.82, 2.24) is 0 Å². The summed E-state index contributed by atoms with van der Waals surface area (Å²) in [6.07, 6.45) is 41.7. The first-order valence-electron chi connectivity index (χ1n) is 23.7. The molecule has 0 unspecified atom stereocenters. The molecule has 2 aromatic rings. The Kier molecular flexibility index (Phi) is 30.5. The molecule has 1 aliphatic heterocycles. The number of benzene rings is 2. The maximum atomic E-state index is 11.3. The van der Waals surface area contributed by atoms with Gasteiger partial charge in [-0.15, -0.1) is 0 Å². The van der Waals surface area contributed by atoms with Crippen LogP contribution in [-0.2, 0) is 27.3 Å². The Bertz CT molecular complexity index is 1280. The van der Waals surface area contributed by atoms with Gasteiger partial charge in [0.05, 0.1) is 0 Å². The van der Waals surface area contributed by atoms with Gasteiger partial charge < -0.3 is 5.53 Å². The minimum atomic E-state index is 0.897. The number of hydrogen-bond donors (Lipinski definition) is 0. The second-order valence-corrected chi connectivity index (χ2v) is 17.7. The third kappa shape index (κ3) is 22.5. The summed E-state index contributed by atoms with van der Waals surface area (Å²) in [4.78, 5) is 0. The number of allylic oxidation sites excluding steroid dienone is 2. The first-order chi connectivity index (χ1) is 27.1. The summed E-state index contributed by atoms with van der Waals surface area (Å²) in [5, 5.41) is 2.86. The molecule has 0 amide bonds. The summed E-state index contributed by atoms with van der Waals surface area (Å²) in [5.41, 5.74) is 19.3. The van der Waals surface area contributed by atoms with Crippen LogP contribution in [0.3, 0.4) is 0 Å². The summed E-state index contributed by atoms with van der Waals surface area (Å²) >= 11 is 2.03. The van der Waals surface area contributed by atoms with Crippen LogP contribution in [0.5, 0.6) is 0 Å². The maximum absolute atomic E-state index is 11.3. The molecule has 0 aromatic heterocycles. The van der Waals surface area contributed by atoms with Crippen LogP contribution in [0.1, 0.15) is 230 Å². The molecule has 2 nitrogen and oxygen atoms in total. The Morgan fingerprint density at radius 3 is 1.27 bits per heavy atom. The molecule has 0 fully saturated rings. The van der Waals surface area contributed by atoms with Crippen LogP contribution in [0.2, 0.25) is 10.8 Å². The standard InChI is InChI=1S/C28H36N2.2C12H25.Ni/c1-4-7-12-22-14-10-17-24(19-22)27-21-26(16-9-6-3)28(30(27)29)25-18-11-15-23(20-25)13-8-5-2;2*1-3-5-7-9-11-12-10-8-6-4-2;/h10-11,14-15,17-21H,4-9,12-13,16H2,1-3H3;2*1,3-12H2,2H3;. The second kappa shape index (κ2) is 34.1. The van der Waals surface area contributed by atoms with Crippen LogP contribution in [0.4, 0.5) is 0 Å². The van der Waals surface area contributed by atoms with Gasteiger partial charge in [0.1, 0.15) is 0 Å². The molecule has 3 heteroatoms. The molecule has 0 atom stereocenters. The van der Waals surface area contributed by atoms with E-state index in [1.165, 1.54) is 186 Å². The fourth-order valence-electron chi connectivity index (χ4n) is 7.51. The molecule has 1 heterocycles. The normalized spacial score (nSPS) is 12.7. The first kappa shape index (κ1) is 49.2. The van der Waals surface area contributed by atoms with E-state index in [1.54, 1.807) is 0 Å². The number of unbranched alkanes of at least 4 members (excludes halogenated alkanes) is 21.